The summed E-state index contributed by atoms with van der Waals surface area (Å²) in [6, 6.07) is 11.0. The largest absolute Gasteiger partial charge is 0.496 e. The maximum absolute atomic E-state index is 13.8. The van der Waals surface area contributed by atoms with Crippen LogP contribution in [0.2, 0.25) is 0 Å². The molecule has 5 rings (SSSR count). The summed E-state index contributed by atoms with van der Waals surface area (Å²) in [5, 5.41) is 15.9. The van der Waals surface area contributed by atoms with Gasteiger partial charge in [-0.3, -0.25) is 24.6 Å². The zero-order valence-electron chi connectivity index (χ0n) is 21.2. The molecule has 2 aromatic rings. The molecule has 0 bridgehead atoms. The van der Waals surface area contributed by atoms with Crippen LogP contribution in [0.4, 0.5) is 0 Å². The Bertz CT molecular complexity index is 1170. The number of benzene rings is 2. The number of amides is 2. The maximum atomic E-state index is 13.8. The van der Waals surface area contributed by atoms with Crippen LogP contribution in [0, 0.1) is 17.8 Å². The van der Waals surface area contributed by atoms with Crippen molar-refractivity contribution in [1.82, 2.24) is 10.2 Å². The number of likely N-dealkylation sites (tertiary alicyclic amines) is 1. The van der Waals surface area contributed by atoms with E-state index in [4.69, 9.17) is 4.74 Å². The fourth-order valence-electron chi connectivity index (χ4n) is 6.93. The first-order chi connectivity index (χ1) is 17.4. The number of unbranched alkanes of at least 4 members (excludes halogenated alkanes) is 1. The second kappa shape index (κ2) is 9.85. The Hall–Kier alpha value is -2.93. The second-order valence-electron chi connectivity index (χ2n) is 10.7. The van der Waals surface area contributed by atoms with Crippen molar-refractivity contribution in [3.63, 3.8) is 0 Å². The van der Waals surface area contributed by atoms with E-state index in [9.17, 15) is 19.5 Å². The zero-order valence-corrected chi connectivity index (χ0v) is 21.2. The molecule has 1 aliphatic carbocycles. The lowest BCUT2D eigenvalue weighted by molar-refractivity contribution is -0.152. The Morgan fingerprint density at radius 1 is 1.08 bits per heavy atom. The van der Waals surface area contributed by atoms with Gasteiger partial charge in [-0.25, -0.2) is 0 Å². The van der Waals surface area contributed by atoms with Gasteiger partial charge in [-0.2, -0.15) is 0 Å². The number of nitrogens with zero attached hydrogens (tertiary/aromatic N) is 1. The summed E-state index contributed by atoms with van der Waals surface area (Å²) >= 11 is 0. The number of carbonyl (C=O) groups excluding carboxylic acids is 2. The van der Waals surface area contributed by atoms with Crippen molar-refractivity contribution >= 4 is 28.6 Å². The Morgan fingerprint density at radius 3 is 2.47 bits per heavy atom. The van der Waals surface area contributed by atoms with Crippen LogP contribution in [0.3, 0.4) is 0 Å². The Labute approximate surface area is 212 Å². The molecule has 2 heterocycles. The van der Waals surface area contributed by atoms with E-state index in [2.05, 4.69) is 5.32 Å². The number of rotatable bonds is 8. The van der Waals surface area contributed by atoms with Gasteiger partial charge in [-0.05, 0) is 35.8 Å². The lowest BCUT2D eigenvalue weighted by Gasteiger charge is -2.35. The Morgan fingerprint density at radius 2 is 1.81 bits per heavy atom. The van der Waals surface area contributed by atoms with E-state index in [1.807, 2.05) is 43.3 Å². The van der Waals surface area contributed by atoms with Crippen molar-refractivity contribution in [2.24, 2.45) is 17.8 Å². The van der Waals surface area contributed by atoms with Crippen molar-refractivity contribution < 1.29 is 24.2 Å². The van der Waals surface area contributed by atoms with Crippen LogP contribution < -0.4 is 10.1 Å². The standard InChI is InChI=1S/C29H36N2O5/c1-3-4-16-31-26(32)23-24(27(31)33)29(28(34)35,17-18-10-6-5-7-11-18)30-25(23)21-14-15-22(36-2)20-13-9-8-12-19(20)21/h8-9,12-15,18,23-25,30H,3-7,10-11,16-17H2,1-2H3,(H,34,35). The first-order valence-corrected chi connectivity index (χ1v) is 13.3. The predicted molar refractivity (Wildman–Crippen MR) is 137 cm³/mol. The molecule has 0 radical (unpaired) electrons. The second-order valence-corrected chi connectivity index (χ2v) is 10.7. The third-order valence-corrected chi connectivity index (χ3v) is 8.67. The molecule has 1 saturated carbocycles. The molecular formula is C29H36N2O5. The SMILES string of the molecule is CCCCN1C(=O)C2C(c3ccc(OC)c4ccccc34)NC(CC3CCCCC3)(C(=O)O)C2C1=O. The molecule has 2 N–H and O–H groups in total. The maximum Gasteiger partial charge on any atom is 0.324 e. The fourth-order valence-corrected chi connectivity index (χ4v) is 6.93. The number of hydrogen-bond donors (Lipinski definition) is 2. The summed E-state index contributed by atoms with van der Waals surface area (Å²) in [7, 11) is 1.62. The number of nitrogens with one attached hydrogen (secondary N) is 1. The van der Waals surface area contributed by atoms with E-state index in [1.54, 1.807) is 7.11 Å². The highest BCUT2D eigenvalue weighted by Crippen LogP contribution is 2.53. The van der Waals surface area contributed by atoms with Gasteiger partial charge in [0.05, 0.1) is 18.9 Å². The number of hydrogen-bond acceptors (Lipinski definition) is 5. The van der Waals surface area contributed by atoms with E-state index in [0.717, 1.165) is 48.4 Å². The Balaban J connectivity index is 1.64. The molecule has 2 aromatic carbocycles. The van der Waals surface area contributed by atoms with E-state index >= 15 is 0 Å². The minimum absolute atomic E-state index is 0.224. The van der Waals surface area contributed by atoms with Gasteiger partial charge in [0.1, 0.15) is 11.3 Å². The molecule has 2 amide bonds. The predicted octanol–water partition coefficient (Wildman–Crippen LogP) is 4.69. The number of imide groups is 1. The molecular weight excluding hydrogens is 456 g/mol. The number of fused-ring (bicyclic) bond motifs is 2. The highest BCUT2D eigenvalue weighted by Gasteiger charge is 2.68. The minimum Gasteiger partial charge on any atom is -0.496 e. The molecule has 4 unspecified atom stereocenters. The monoisotopic (exact) mass is 492 g/mol. The first kappa shape index (κ1) is 24.8. The number of aliphatic carboxylic acids is 1. The van der Waals surface area contributed by atoms with Crippen LogP contribution in [0.1, 0.15) is 69.9 Å². The van der Waals surface area contributed by atoms with Crippen LogP contribution in [0.5, 0.6) is 5.75 Å². The topological polar surface area (TPSA) is 95.9 Å². The third-order valence-electron chi connectivity index (χ3n) is 8.67. The molecule has 192 valence electrons. The minimum atomic E-state index is -1.47. The summed E-state index contributed by atoms with van der Waals surface area (Å²) in [5.74, 6) is -2.32. The molecule has 36 heavy (non-hydrogen) atoms. The van der Waals surface area contributed by atoms with Gasteiger partial charge in [0.15, 0.2) is 0 Å². The van der Waals surface area contributed by atoms with E-state index in [1.165, 1.54) is 11.3 Å². The van der Waals surface area contributed by atoms with Crippen molar-refractivity contribution in [2.45, 2.75) is 69.9 Å². The van der Waals surface area contributed by atoms with Crippen LogP contribution in [0.15, 0.2) is 36.4 Å². The van der Waals surface area contributed by atoms with Crippen LogP contribution in [-0.2, 0) is 14.4 Å². The average molecular weight is 493 g/mol. The van der Waals surface area contributed by atoms with Crippen LogP contribution in [-0.4, -0.2) is 47.0 Å². The summed E-state index contributed by atoms with van der Waals surface area (Å²) < 4.78 is 5.57. The van der Waals surface area contributed by atoms with Crippen molar-refractivity contribution in [1.29, 1.82) is 0 Å². The normalized spacial score (nSPS) is 28.6. The molecule has 2 aliphatic heterocycles. The van der Waals surface area contributed by atoms with Crippen molar-refractivity contribution in [3.05, 3.63) is 42.0 Å². The third kappa shape index (κ3) is 3.88. The molecule has 3 fully saturated rings. The quantitative estimate of drug-likeness (QED) is 0.519. The number of methoxy groups -OCH3 is 1. The van der Waals surface area contributed by atoms with E-state index in [0.29, 0.717) is 25.1 Å². The van der Waals surface area contributed by atoms with Crippen molar-refractivity contribution in [2.75, 3.05) is 13.7 Å². The molecule has 0 spiro atoms. The Kier molecular flexibility index (Phi) is 6.77. The molecule has 3 aliphatic rings. The number of carboxylic acids is 1. The van der Waals surface area contributed by atoms with E-state index < -0.39 is 29.4 Å². The zero-order chi connectivity index (χ0) is 25.4. The van der Waals surface area contributed by atoms with Crippen LogP contribution in [0.25, 0.3) is 10.8 Å². The molecule has 7 heteroatoms. The van der Waals surface area contributed by atoms with Gasteiger partial charge in [0.2, 0.25) is 11.8 Å². The number of carbonyl (C=O) groups is 3. The van der Waals surface area contributed by atoms with Gasteiger partial charge in [-0.15, -0.1) is 0 Å². The molecule has 4 atom stereocenters. The lowest BCUT2D eigenvalue weighted by Crippen LogP contribution is -2.56. The smallest absolute Gasteiger partial charge is 0.324 e. The molecule has 0 aromatic heterocycles. The summed E-state index contributed by atoms with van der Waals surface area (Å²) in [6.45, 7) is 2.36. The van der Waals surface area contributed by atoms with Gasteiger partial charge in [0, 0.05) is 18.0 Å². The van der Waals surface area contributed by atoms with Gasteiger partial charge in [0.25, 0.3) is 0 Å². The summed E-state index contributed by atoms with van der Waals surface area (Å²) in [5.41, 5.74) is -0.627. The van der Waals surface area contributed by atoms with Gasteiger partial charge >= 0.3 is 5.97 Å². The van der Waals surface area contributed by atoms with Crippen LogP contribution >= 0.6 is 0 Å². The molecule has 2 saturated heterocycles. The average Bonchev–Trinajstić information content (AvgIpc) is 3.36. The molecule has 7 nitrogen and oxygen atoms in total. The van der Waals surface area contributed by atoms with Gasteiger partial charge < -0.3 is 9.84 Å². The highest BCUT2D eigenvalue weighted by molar-refractivity contribution is 6.10. The fraction of sp³-hybridized carbons (Fsp3) is 0.552. The lowest BCUT2D eigenvalue weighted by atomic mass is 9.72. The van der Waals surface area contributed by atoms with E-state index in [-0.39, 0.29) is 17.7 Å². The first-order valence-electron chi connectivity index (χ1n) is 13.3. The van der Waals surface area contributed by atoms with Gasteiger partial charge in [-0.1, -0.05) is 75.8 Å². The summed E-state index contributed by atoms with van der Waals surface area (Å²) in [4.78, 5) is 42.0. The summed E-state index contributed by atoms with van der Waals surface area (Å²) in [6.07, 6.45) is 7.19. The van der Waals surface area contributed by atoms with Crippen molar-refractivity contribution in [3.8, 4) is 5.75 Å². The number of ether oxygens (including phenoxy) is 1. The number of carboxylic acid groups (broad SMARTS) is 1. The highest BCUT2D eigenvalue weighted by atomic mass is 16.5.